The molecule has 1 N–H and O–H groups in total. The summed E-state index contributed by atoms with van der Waals surface area (Å²) in [5, 5.41) is 12.1. The molecule has 0 fully saturated rings. The maximum atomic E-state index is 8.50. The van der Waals surface area contributed by atoms with E-state index in [1.807, 2.05) is 18.2 Å². The van der Waals surface area contributed by atoms with Gasteiger partial charge in [-0.3, -0.25) is 0 Å². The average molecular weight is 288 g/mol. The molecule has 3 nitrogen and oxygen atoms in total. The van der Waals surface area contributed by atoms with Crippen molar-refractivity contribution < 1.29 is 4.74 Å². The minimum absolute atomic E-state index is 0.0948. The standard InChI is InChI=1S/C18H28N2O/c1-13(2)18(14(3)4)12-20-15(5)16-6-8-17(9-7-16)21-11-10-19/h6-9,13-15,18,20H,11-12H2,1-5H3. The molecule has 116 valence electrons. The molecule has 1 unspecified atom stereocenters. The molecule has 0 spiro atoms. The summed E-state index contributed by atoms with van der Waals surface area (Å²) in [6, 6.07) is 10.3. The van der Waals surface area contributed by atoms with Gasteiger partial charge in [0, 0.05) is 6.04 Å². The third kappa shape index (κ3) is 5.77. The second-order valence-corrected chi connectivity index (χ2v) is 6.30. The van der Waals surface area contributed by atoms with E-state index in [2.05, 4.69) is 52.1 Å². The van der Waals surface area contributed by atoms with Gasteiger partial charge >= 0.3 is 0 Å². The molecule has 1 atom stereocenters. The van der Waals surface area contributed by atoms with E-state index in [1.54, 1.807) is 0 Å². The first-order chi connectivity index (χ1) is 9.95. The van der Waals surface area contributed by atoms with Crippen LogP contribution in [0.1, 0.15) is 46.2 Å². The number of nitriles is 1. The highest BCUT2D eigenvalue weighted by Crippen LogP contribution is 2.22. The Morgan fingerprint density at radius 3 is 2.10 bits per heavy atom. The van der Waals surface area contributed by atoms with Crippen LogP contribution in [0.15, 0.2) is 24.3 Å². The van der Waals surface area contributed by atoms with Gasteiger partial charge in [0.1, 0.15) is 11.8 Å². The summed E-state index contributed by atoms with van der Waals surface area (Å²) < 4.78 is 5.27. The van der Waals surface area contributed by atoms with Gasteiger partial charge in [0.2, 0.25) is 0 Å². The van der Waals surface area contributed by atoms with Gasteiger partial charge in [0.15, 0.2) is 6.61 Å². The van der Waals surface area contributed by atoms with Crippen molar-refractivity contribution in [2.45, 2.75) is 40.7 Å². The lowest BCUT2D eigenvalue weighted by Gasteiger charge is -2.27. The molecule has 0 radical (unpaired) electrons. The Hall–Kier alpha value is -1.53. The third-order valence-corrected chi connectivity index (χ3v) is 4.06. The lowest BCUT2D eigenvalue weighted by atomic mass is 9.85. The monoisotopic (exact) mass is 288 g/mol. The van der Waals surface area contributed by atoms with Crippen molar-refractivity contribution >= 4 is 0 Å². The Balaban J connectivity index is 2.55. The van der Waals surface area contributed by atoms with Crippen LogP contribution in [0.5, 0.6) is 5.75 Å². The fraction of sp³-hybridized carbons (Fsp3) is 0.611. The summed E-state index contributed by atoms with van der Waals surface area (Å²) >= 11 is 0. The first kappa shape index (κ1) is 17.5. The molecular formula is C18H28N2O. The zero-order valence-electron chi connectivity index (χ0n) is 13.9. The van der Waals surface area contributed by atoms with Crippen LogP contribution in [0.4, 0.5) is 0 Å². The lowest BCUT2D eigenvalue weighted by molar-refractivity contribution is 0.268. The molecule has 0 saturated heterocycles. The summed E-state index contributed by atoms with van der Waals surface area (Å²) in [6.45, 7) is 12.5. The van der Waals surface area contributed by atoms with Crippen molar-refractivity contribution in [1.29, 1.82) is 5.26 Å². The second kappa shape index (κ2) is 8.69. The summed E-state index contributed by atoms with van der Waals surface area (Å²) in [6.07, 6.45) is 0. The highest BCUT2D eigenvalue weighted by atomic mass is 16.5. The van der Waals surface area contributed by atoms with Crippen LogP contribution in [0.2, 0.25) is 0 Å². The molecule has 0 aliphatic heterocycles. The summed E-state index contributed by atoms with van der Waals surface area (Å²) in [5.41, 5.74) is 1.24. The van der Waals surface area contributed by atoms with E-state index in [-0.39, 0.29) is 6.61 Å². The zero-order valence-corrected chi connectivity index (χ0v) is 13.9. The van der Waals surface area contributed by atoms with E-state index in [0.717, 1.165) is 12.3 Å². The van der Waals surface area contributed by atoms with E-state index in [9.17, 15) is 0 Å². The third-order valence-electron chi connectivity index (χ3n) is 4.06. The molecular weight excluding hydrogens is 260 g/mol. The highest BCUT2D eigenvalue weighted by molar-refractivity contribution is 5.29. The van der Waals surface area contributed by atoms with Gasteiger partial charge in [-0.1, -0.05) is 39.8 Å². The molecule has 1 aromatic carbocycles. The largest absolute Gasteiger partial charge is 0.479 e. The molecule has 0 aliphatic carbocycles. The molecule has 21 heavy (non-hydrogen) atoms. The van der Waals surface area contributed by atoms with Crippen LogP contribution < -0.4 is 10.1 Å². The summed E-state index contributed by atoms with van der Waals surface area (Å²) in [5.74, 6) is 2.80. The number of benzene rings is 1. The predicted octanol–water partition coefficient (Wildman–Crippen LogP) is 4.17. The van der Waals surface area contributed by atoms with Gasteiger partial charge in [0.25, 0.3) is 0 Å². The second-order valence-electron chi connectivity index (χ2n) is 6.30. The zero-order chi connectivity index (χ0) is 15.8. The minimum Gasteiger partial charge on any atom is -0.479 e. The van der Waals surface area contributed by atoms with E-state index < -0.39 is 0 Å². The fourth-order valence-corrected chi connectivity index (χ4v) is 2.64. The SMILES string of the molecule is CC(NCC(C(C)C)C(C)C)c1ccc(OCC#N)cc1. The predicted molar refractivity (Wildman–Crippen MR) is 87.1 cm³/mol. The molecule has 0 aromatic heterocycles. The number of hydrogen-bond acceptors (Lipinski definition) is 3. The first-order valence-electron chi connectivity index (χ1n) is 7.78. The molecule has 0 aliphatic rings. The molecule has 1 aromatic rings. The van der Waals surface area contributed by atoms with Crippen LogP contribution in [-0.2, 0) is 0 Å². The maximum absolute atomic E-state index is 8.50. The summed E-state index contributed by atoms with van der Waals surface area (Å²) in [4.78, 5) is 0. The smallest absolute Gasteiger partial charge is 0.174 e. The van der Waals surface area contributed by atoms with Gasteiger partial charge in [-0.25, -0.2) is 0 Å². The number of hydrogen-bond donors (Lipinski definition) is 1. The van der Waals surface area contributed by atoms with Crippen LogP contribution in [0.25, 0.3) is 0 Å². The molecule has 0 saturated carbocycles. The van der Waals surface area contributed by atoms with Crippen molar-refractivity contribution in [3.05, 3.63) is 29.8 Å². The molecule has 1 rings (SSSR count). The quantitative estimate of drug-likeness (QED) is 0.781. The van der Waals surface area contributed by atoms with Gasteiger partial charge in [-0.2, -0.15) is 5.26 Å². The minimum atomic E-state index is 0.0948. The van der Waals surface area contributed by atoms with Crippen LogP contribution >= 0.6 is 0 Å². The van der Waals surface area contributed by atoms with Crippen molar-refractivity contribution in [1.82, 2.24) is 5.32 Å². The Morgan fingerprint density at radius 2 is 1.62 bits per heavy atom. The molecule has 0 bridgehead atoms. The number of rotatable bonds is 8. The Kier molecular flexibility index (Phi) is 7.25. The lowest BCUT2D eigenvalue weighted by Crippen LogP contribution is -2.31. The van der Waals surface area contributed by atoms with Crippen molar-refractivity contribution in [3.8, 4) is 11.8 Å². The van der Waals surface area contributed by atoms with Crippen LogP contribution in [-0.4, -0.2) is 13.2 Å². The molecule has 0 heterocycles. The topological polar surface area (TPSA) is 45.0 Å². The van der Waals surface area contributed by atoms with Crippen molar-refractivity contribution in [2.24, 2.45) is 17.8 Å². The van der Waals surface area contributed by atoms with Gasteiger partial charge < -0.3 is 10.1 Å². The maximum Gasteiger partial charge on any atom is 0.174 e. The Morgan fingerprint density at radius 1 is 1.05 bits per heavy atom. The number of ether oxygens (including phenoxy) is 1. The number of nitrogens with one attached hydrogen (secondary N) is 1. The average Bonchev–Trinajstić information content (AvgIpc) is 2.44. The van der Waals surface area contributed by atoms with Crippen LogP contribution in [0.3, 0.4) is 0 Å². The van der Waals surface area contributed by atoms with E-state index in [1.165, 1.54) is 5.56 Å². The van der Waals surface area contributed by atoms with Gasteiger partial charge in [0.05, 0.1) is 0 Å². The van der Waals surface area contributed by atoms with Crippen LogP contribution in [0, 0.1) is 29.1 Å². The van der Waals surface area contributed by atoms with E-state index >= 15 is 0 Å². The highest BCUT2D eigenvalue weighted by Gasteiger charge is 2.18. The fourth-order valence-electron chi connectivity index (χ4n) is 2.64. The number of nitrogens with zero attached hydrogens (tertiary/aromatic N) is 1. The molecule has 0 amide bonds. The Labute approximate surface area is 129 Å². The molecule has 3 heteroatoms. The first-order valence-corrected chi connectivity index (χ1v) is 7.78. The van der Waals surface area contributed by atoms with E-state index in [4.69, 9.17) is 10.00 Å². The van der Waals surface area contributed by atoms with Crippen molar-refractivity contribution in [2.75, 3.05) is 13.2 Å². The normalized spacial score (nSPS) is 12.7. The van der Waals surface area contributed by atoms with Crippen molar-refractivity contribution in [3.63, 3.8) is 0 Å². The van der Waals surface area contributed by atoms with Gasteiger partial charge in [-0.05, 0) is 48.9 Å². The van der Waals surface area contributed by atoms with E-state index in [0.29, 0.717) is 23.8 Å². The van der Waals surface area contributed by atoms with Gasteiger partial charge in [-0.15, -0.1) is 0 Å². The summed E-state index contributed by atoms with van der Waals surface area (Å²) in [7, 11) is 0. The Bertz CT molecular complexity index is 437.